The summed E-state index contributed by atoms with van der Waals surface area (Å²) in [4.78, 5) is 33.7. The number of aliphatic hydroxyl groups is 1. The largest absolute Gasteiger partial charge is 0.488 e. The van der Waals surface area contributed by atoms with Crippen LogP contribution in [0.15, 0.2) is 48.5 Å². The fourth-order valence-corrected chi connectivity index (χ4v) is 3.86. The molecule has 2 amide bonds. The summed E-state index contributed by atoms with van der Waals surface area (Å²) in [5.41, 5.74) is 4.68. The molecule has 8 nitrogen and oxygen atoms in total. The van der Waals surface area contributed by atoms with E-state index in [2.05, 4.69) is 20.6 Å². The number of aliphatic hydroxyl groups excluding tert-OH is 1. The number of nitrogens with one attached hydrogen (secondary N) is 3. The first-order chi connectivity index (χ1) is 18.7. The molecule has 0 aliphatic heterocycles. The molecule has 206 valence electrons. The van der Waals surface area contributed by atoms with E-state index in [0.717, 1.165) is 11.1 Å². The number of hydrogen-bond donors (Lipinski definition) is 4. The van der Waals surface area contributed by atoms with E-state index in [0.29, 0.717) is 28.0 Å². The normalized spacial score (nSPS) is 10.7. The van der Waals surface area contributed by atoms with E-state index in [1.165, 1.54) is 18.2 Å². The average Bonchev–Trinajstić information content (AvgIpc) is 3.34. The fourth-order valence-electron chi connectivity index (χ4n) is 3.86. The number of hydrogen-bond acceptors (Lipinski definition) is 5. The SMILES string of the molecule is CC.Cc1ccc(OCC(F)F)cc1C(=O)Nc1cc(C(=O)Nc2cccc(C)c2C)c2nc(CO)[nH]c2c1. The van der Waals surface area contributed by atoms with Crippen molar-refractivity contribution < 1.29 is 28.2 Å². The zero-order valence-electron chi connectivity index (χ0n) is 22.5. The van der Waals surface area contributed by atoms with Crippen LogP contribution >= 0.6 is 0 Å². The van der Waals surface area contributed by atoms with Gasteiger partial charge in [0.15, 0.2) is 0 Å². The van der Waals surface area contributed by atoms with Gasteiger partial charge in [-0.2, -0.15) is 0 Å². The van der Waals surface area contributed by atoms with Crippen molar-refractivity contribution in [2.45, 2.75) is 47.7 Å². The Hall–Kier alpha value is -4.31. The monoisotopic (exact) mass is 538 g/mol. The van der Waals surface area contributed by atoms with Gasteiger partial charge in [0.1, 0.15) is 30.3 Å². The third kappa shape index (κ3) is 6.97. The van der Waals surface area contributed by atoms with Crippen LogP contribution < -0.4 is 15.4 Å². The maximum atomic E-state index is 13.3. The summed E-state index contributed by atoms with van der Waals surface area (Å²) in [6.45, 7) is 8.40. The molecule has 4 aromatic rings. The second-order valence-corrected chi connectivity index (χ2v) is 8.60. The van der Waals surface area contributed by atoms with E-state index in [9.17, 15) is 23.5 Å². The number of rotatable bonds is 8. The Balaban J connectivity index is 0.00000205. The fraction of sp³-hybridized carbons (Fsp3) is 0.276. The predicted molar refractivity (Wildman–Crippen MR) is 148 cm³/mol. The number of fused-ring (bicyclic) bond motifs is 1. The number of imidazole rings is 1. The topological polar surface area (TPSA) is 116 Å². The van der Waals surface area contributed by atoms with Gasteiger partial charge in [0.05, 0.1) is 11.1 Å². The van der Waals surface area contributed by atoms with Crippen LogP contribution in [0.3, 0.4) is 0 Å². The van der Waals surface area contributed by atoms with Crippen LogP contribution in [-0.4, -0.2) is 39.9 Å². The number of aryl methyl sites for hydroxylation is 2. The first-order valence-electron chi connectivity index (χ1n) is 12.5. The summed E-state index contributed by atoms with van der Waals surface area (Å²) in [7, 11) is 0. The van der Waals surface area contributed by atoms with Gasteiger partial charge in [-0.15, -0.1) is 0 Å². The number of anilines is 2. The molecular formula is C29H32F2N4O4. The molecule has 0 aliphatic rings. The van der Waals surface area contributed by atoms with Crippen molar-refractivity contribution in [1.82, 2.24) is 9.97 Å². The lowest BCUT2D eigenvalue weighted by molar-refractivity contribution is 0.0818. The first kappa shape index (κ1) is 29.2. The highest BCUT2D eigenvalue weighted by molar-refractivity contribution is 6.14. The van der Waals surface area contributed by atoms with Crippen molar-refractivity contribution in [2.75, 3.05) is 17.2 Å². The highest BCUT2D eigenvalue weighted by atomic mass is 19.3. The summed E-state index contributed by atoms with van der Waals surface area (Å²) in [6, 6.07) is 13.2. The highest BCUT2D eigenvalue weighted by Gasteiger charge is 2.19. The average molecular weight is 539 g/mol. The molecule has 4 N–H and O–H groups in total. The van der Waals surface area contributed by atoms with Gasteiger partial charge >= 0.3 is 0 Å². The number of ether oxygens (including phenoxy) is 1. The van der Waals surface area contributed by atoms with E-state index in [1.54, 1.807) is 25.1 Å². The molecule has 0 bridgehead atoms. The Kier molecular flexibility index (Phi) is 9.73. The van der Waals surface area contributed by atoms with E-state index >= 15 is 0 Å². The summed E-state index contributed by atoms with van der Waals surface area (Å²) in [6.07, 6.45) is -2.64. The van der Waals surface area contributed by atoms with Gasteiger partial charge in [0.2, 0.25) is 0 Å². The smallest absolute Gasteiger partial charge is 0.272 e. The quantitative estimate of drug-likeness (QED) is 0.215. The van der Waals surface area contributed by atoms with E-state index in [-0.39, 0.29) is 29.3 Å². The molecule has 0 saturated carbocycles. The number of nitrogens with zero attached hydrogens (tertiary/aromatic N) is 1. The molecule has 3 aromatic carbocycles. The molecule has 4 rings (SSSR count). The highest BCUT2D eigenvalue weighted by Crippen LogP contribution is 2.26. The second-order valence-electron chi connectivity index (χ2n) is 8.60. The van der Waals surface area contributed by atoms with Gasteiger partial charge in [0, 0.05) is 16.9 Å². The molecule has 1 aromatic heterocycles. The van der Waals surface area contributed by atoms with Crippen molar-refractivity contribution in [2.24, 2.45) is 0 Å². The van der Waals surface area contributed by atoms with Crippen molar-refractivity contribution in [3.8, 4) is 5.75 Å². The Labute approximate surface area is 225 Å². The molecule has 0 spiro atoms. The first-order valence-corrected chi connectivity index (χ1v) is 12.5. The summed E-state index contributed by atoms with van der Waals surface area (Å²) < 4.78 is 30.1. The van der Waals surface area contributed by atoms with Crippen LogP contribution in [0.4, 0.5) is 20.2 Å². The third-order valence-electron chi connectivity index (χ3n) is 5.97. The minimum Gasteiger partial charge on any atom is -0.488 e. The van der Waals surface area contributed by atoms with Crippen LogP contribution in [-0.2, 0) is 6.61 Å². The van der Waals surface area contributed by atoms with Crippen LogP contribution in [0.1, 0.15) is 57.1 Å². The molecule has 0 radical (unpaired) electrons. The zero-order valence-corrected chi connectivity index (χ0v) is 22.5. The van der Waals surface area contributed by atoms with Crippen molar-refractivity contribution >= 4 is 34.2 Å². The Bertz CT molecular complexity index is 1480. The van der Waals surface area contributed by atoms with Gasteiger partial charge in [-0.1, -0.05) is 32.0 Å². The van der Waals surface area contributed by atoms with Crippen LogP contribution in [0.2, 0.25) is 0 Å². The number of aromatic amines is 1. The summed E-state index contributed by atoms with van der Waals surface area (Å²) in [5.74, 6) is -0.549. The molecular weight excluding hydrogens is 506 g/mol. The minimum atomic E-state index is -2.64. The van der Waals surface area contributed by atoms with E-state index in [1.807, 2.05) is 39.8 Å². The molecule has 10 heteroatoms. The zero-order chi connectivity index (χ0) is 28.7. The molecule has 1 heterocycles. The minimum absolute atomic E-state index is 0.140. The van der Waals surface area contributed by atoms with Gasteiger partial charge < -0.3 is 25.5 Å². The molecule has 0 unspecified atom stereocenters. The number of halogens is 2. The lowest BCUT2D eigenvalue weighted by Gasteiger charge is -2.13. The number of benzene rings is 3. The molecule has 39 heavy (non-hydrogen) atoms. The van der Waals surface area contributed by atoms with E-state index in [4.69, 9.17) is 4.74 Å². The number of carbonyl (C=O) groups excluding carboxylic acids is 2. The lowest BCUT2D eigenvalue weighted by Crippen LogP contribution is -2.17. The number of aromatic nitrogens is 2. The Morgan fingerprint density at radius 2 is 1.69 bits per heavy atom. The second kappa shape index (κ2) is 13.0. The van der Waals surface area contributed by atoms with Gasteiger partial charge in [-0.25, -0.2) is 13.8 Å². The molecule has 0 aliphatic carbocycles. The van der Waals surface area contributed by atoms with Gasteiger partial charge in [-0.3, -0.25) is 9.59 Å². The van der Waals surface area contributed by atoms with Crippen molar-refractivity contribution in [1.29, 1.82) is 0 Å². The summed E-state index contributed by atoms with van der Waals surface area (Å²) >= 11 is 0. The van der Waals surface area contributed by atoms with Crippen LogP contribution in [0.25, 0.3) is 11.0 Å². The molecule has 0 saturated heterocycles. The number of amides is 2. The lowest BCUT2D eigenvalue weighted by atomic mass is 10.1. The third-order valence-corrected chi connectivity index (χ3v) is 5.97. The molecule has 0 atom stereocenters. The van der Waals surface area contributed by atoms with Crippen molar-refractivity contribution in [3.63, 3.8) is 0 Å². The Morgan fingerprint density at radius 3 is 2.38 bits per heavy atom. The summed E-state index contributed by atoms with van der Waals surface area (Å²) in [5, 5.41) is 15.2. The Morgan fingerprint density at radius 1 is 0.974 bits per heavy atom. The maximum Gasteiger partial charge on any atom is 0.272 e. The van der Waals surface area contributed by atoms with Gasteiger partial charge in [0.25, 0.3) is 18.2 Å². The number of H-pyrrole nitrogens is 1. The number of carbonyl (C=O) groups is 2. The molecule has 0 fully saturated rings. The standard InChI is InChI=1S/C27H26F2N4O4.C2H6/c1-14-5-4-6-21(16(14)3)32-27(36)20-9-17(10-22-25(20)33-24(12-34)31-22)30-26(35)19-11-18(8-7-15(19)2)37-13-23(28)29;1-2/h4-11,23,34H,12-13H2,1-3H3,(H,30,35)(H,31,33)(H,32,36);1-2H3. The maximum absolute atomic E-state index is 13.3. The van der Waals surface area contributed by atoms with Crippen LogP contribution in [0.5, 0.6) is 5.75 Å². The number of alkyl halides is 2. The van der Waals surface area contributed by atoms with E-state index < -0.39 is 24.8 Å². The predicted octanol–water partition coefficient (Wildman–Crippen LogP) is 6.16. The van der Waals surface area contributed by atoms with Crippen molar-refractivity contribution in [3.05, 3.63) is 82.2 Å². The van der Waals surface area contributed by atoms with Gasteiger partial charge in [-0.05, 0) is 67.8 Å². The van der Waals surface area contributed by atoms with Crippen LogP contribution in [0, 0.1) is 20.8 Å².